The third-order valence-electron chi connectivity index (χ3n) is 3.40. The minimum atomic E-state index is -0.210. The topological polar surface area (TPSA) is 68.0 Å². The summed E-state index contributed by atoms with van der Waals surface area (Å²) in [6.07, 6.45) is 3.39. The SMILES string of the molecule is Cc1noc(-c2ccc(Br)cc2)c1C(=O)NCc1ccncc1. The molecule has 0 unspecified atom stereocenters. The van der Waals surface area contributed by atoms with Gasteiger partial charge in [0, 0.05) is 29.0 Å². The predicted molar refractivity (Wildman–Crippen MR) is 89.8 cm³/mol. The molecule has 3 aromatic rings. The molecule has 0 bridgehead atoms. The summed E-state index contributed by atoms with van der Waals surface area (Å²) in [5, 5.41) is 6.82. The molecule has 0 radical (unpaired) electrons. The van der Waals surface area contributed by atoms with Gasteiger partial charge in [-0.25, -0.2) is 0 Å². The number of hydrogen-bond acceptors (Lipinski definition) is 4. The molecule has 1 N–H and O–H groups in total. The number of nitrogens with zero attached hydrogens (tertiary/aromatic N) is 2. The van der Waals surface area contributed by atoms with Crippen molar-refractivity contribution < 1.29 is 9.32 Å². The van der Waals surface area contributed by atoms with Gasteiger partial charge in [-0.15, -0.1) is 0 Å². The monoisotopic (exact) mass is 371 g/mol. The zero-order valence-corrected chi connectivity index (χ0v) is 14.0. The highest BCUT2D eigenvalue weighted by atomic mass is 79.9. The van der Waals surface area contributed by atoms with Crippen LogP contribution in [0.15, 0.2) is 57.8 Å². The first-order chi connectivity index (χ1) is 11.1. The molecular weight excluding hydrogens is 358 g/mol. The first kappa shape index (κ1) is 15.4. The lowest BCUT2D eigenvalue weighted by Crippen LogP contribution is -2.23. The Labute approximate surface area is 141 Å². The molecule has 1 aromatic carbocycles. The normalized spacial score (nSPS) is 10.5. The molecule has 3 rings (SSSR count). The number of nitrogens with one attached hydrogen (secondary N) is 1. The number of pyridine rings is 1. The molecule has 0 fully saturated rings. The predicted octanol–water partition coefficient (Wildman–Crippen LogP) is 3.74. The van der Waals surface area contributed by atoms with Crippen LogP contribution in [0.5, 0.6) is 0 Å². The molecule has 23 heavy (non-hydrogen) atoms. The van der Waals surface area contributed by atoms with Gasteiger partial charge in [0.05, 0.1) is 5.69 Å². The Bertz CT molecular complexity index is 814. The molecule has 1 amide bonds. The quantitative estimate of drug-likeness (QED) is 0.758. The van der Waals surface area contributed by atoms with Gasteiger partial charge in [-0.1, -0.05) is 21.1 Å². The summed E-state index contributed by atoms with van der Waals surface area (Å²) in [5.74, 6) is 0.265. The standard InChI is InChI=1S/C17H14BrN3O2/c1-11-15(17(22)20-10-12-6-8-19-9-7-12)16(23-21-11)13-2-4-14(18)5-3-13/h2-9H,10H2,1H3,(H,20,22). The molecule has 0 spiro atoms. The lowest BCUT2D eigenvalue weighted by Gasteiger charge is -2.06. The number of halogens is 1. The van der Waals surface area contributed by atoms with Gasteiger partial charge in [0.2, 0.25) is 0 Å². The van der Waals surface area contributed by atoms with Crippen molar-refractivity contribution in [2.24, 2.45) is 0 Å². The number of rotatable bonds is 4. The molecule has 6 heteroatoms. The van der Waals surface area contributed by atoms with Crippen LogP contribution >= 0.6 is 15.9 Å². The summed E-state index contributed by atoms with van der Waals surface area (Å²) in [5.41, 5.74) is 2.81. The molecular formula is C17H14BrN3O2. The number of carbonyl (C=O) groups is 1. The van der Waals surface area contributed by atoms with Crippen LogP contribution in [0.4, 0.5) is 0 Å². The fourth-order valence-corrected chi connectivity index (χ4v) is 2.47. The van der Waals surface area contributed by atoms with Crippen molar-refractivity contribution in [2.45, 2.75) is 13.5 Å². The van der Waals surface area contributed by atoms with Gasteiger partial charge in [0.25, 0.3) is 5.91 Å². The summed E-state index contributed by atoms with van der Waals surface area (Å²) in [6, 6.07) is 11.3. The highest BCUT2D eigenvalue weighted by molar-refractivity contribution is 9.10. The van der Waals surface area contributed by atoms with E-state index >= 15 is 0 Å². The summed E-state index contributed by atoms with van der Waals surface area (Å²) in [7, 11) is 0. The molecule has 0 aliphatic rings. The van der Waals surface area contributed by atoms with Gasteiger partial charge < -0.3 is 9.84 Å². The van der Waals surface area contributed by atoms with E-state index in [1.165, 1.54) is 0 Å². The molecule has 0 atom stereocenters. The second kappa shape index (κ2) is 6.75. The van der Waals surface area contributed by atoms with Gasteiger partial charge in [0.15, 0.2) is 5.76 Å². The molecule has 0 saturated carbocycles. The van der Waals surface area contributed by atoms with Gasteiger partial charge in [-0.05, 0) is 48.9 Å². The largest absolute Gasteiger partial charge is 0.355 e. The average molecular weight is 372 g/mol. The molecule has 116 valence electrons. The summed E-state index contributed by atoms with van der Waals surface area (Å²) in [6.45, 7) is 2.18. The van der Waals surface area contributed by atoms with Crippen LogP contribution in [0.2, 0.25) is 0 Å². The third kappa shape index (κ3) is 3.48. The maximum absolute atomic E-state index is 12.5. The molecule has 0 aliphatic heterocycles. The first-order valence-electron chi connectivity index (χ1n) is 7.04. The minimum Gasteiger partial charge on any atom is -0.355 e. The highest BCUT2D eigenvalue weighted by Crippen LogP contribution is 2.27. The van der Waals surface area contributed by atoms with Crippen LogP contribution < -0.4 is 5.32 Å². The first-order valence-corrected chi connectivity index (χ1v) is 7.84. The fourth-order valence-electron chi connectivity index (χ4n) is 2.21. The van der Waals surface area contributed by atoms with Crippen molar-refractivity contribution >= 4 is 21.8 Å². The maximum Gasteiger partial charge on any atom is 0.257 e. The zero-order chi connectivity index (χ0) is 16.2. The Morgan fingerprint density at radius 2 is 1.87 bits per heavy atom. The van der Waals surface area contributed by atoms with E-state index < -0.39 is 0 Å². The van der Waals surface area contributed by atoms with E-state index in [4.69, 9.17) is 4.52 Å². The van der Waals surface area contributed by atoms with Gasteiger partial charge in [-0.3, -0.25) is 9.78 Å². The highest BCUT2D eigenvalue weighted by Gasteiger charge is 2.21. The van der Waals surface area contributed by atoms with E-state index in [2.05, 4.69) is 31.4 Å². The Morgan fingerprint density at radius 3 is 2.57 bits per heavy atom. The Balaban J connectivity index is 1.83. The van der Waals surface area contributed by atoms with Crippen molar-refractivity contribution in [2.75, 3.05) is 0 Å². The van der Waals surface area contributed by atoms with Crippen LogP contribution in [0.1, 0.15) is 21.6 Å². The minimum absolute atomic E-state index is 0.210. The Hall–Kier alpha value is -2.47. The Morgan fingerprint density at radius 1 is 1.17 bits per heavy atom. The number of aryl methyl sites for hydroxylation is 1. The van der Waals surface area contributed by atoms with E-state index in [9.17, 15) is 4.79 Å². The lowest BCUT2D eigenvalue weighted by atomic mass is 10.1. The van der Waals surface area contributed by atoms with Gasteiger partial charge >= 0.3 is 0 Å². The second-order valence-electron chi connectivity index (χ2n) is 5.02. The fraction of sp³-hybridized carbons (Fsp3) is 0.118. The van der Waals surface area contributed by atoms with Gasteiger partial charge in [0.1, 0.15) is 5.56 Å². The van der Waals surface area contributed by atoms with Crippen molar-refractivity contribution in [3.8, 4) is 11.3 Å². The maximum atomic E-state index is 12.5. The lowest BCUT2D eigenvalue weighted by molar-refractivity contribution is 0.0950. The van der Waals surface area contributed by atoms with Crippen LogP contribution in [-0.2, 0) is 6.54 Å². The van der Waals surface area contributed by atoms with E-state index in [0.717, 1.165) is 15.6 Å². The zero-order valence-electron chi connectivity index (χ0n) is 12.4. The van der Waals surface area contributed by atoms with Gasteiger partial charge in [-0.2, -0.15) is 0 Å². The summed E-state index contributed by atoms with van der Waals surface area (Å²) < 4.78 is 6.32. The van der Waals surface area contributed by atoms with Crippen LogP contribution in [0.25, 0.3) is 11.3 Å². The number of hydrogen-bond donors (Lipinski definition) is 1. The van der Waals surface area contributed by atoms with Crippen molar-refractivity contribution in [3.63, 3.8) is 0 Å². The Kier molecular flexibility index (Phi) is 4.52. The molecule has 0 saturated heterocycles. The van der Waals surface area contributed by atoms with Crippen molar-refractivity contribution in [3.05, 3.63) is 70.1 Å². The molecule has 5 nitrogen and oxygen atoms in total. The third-order valence-corrected chi connectivity index (χ3v) is 3.93. The number of benzene rings is 1. The summed E-state index contributed by atoms with van der Waals surface area (Å²) in [4.78, 5) is 16.5. The van der Waals surface area contributed by atoms with Crippen molar-refractivity contribution in [1.29, 1.82) is 0 Å². The number of aromatic nitrogens is 2. The van der Waals surface area contributed by atoms with E-state index in [-0.39, 0.29) is 5.91 Å². The molecule has 2 aromatic heterocycles. The smallest absolute Gasteiger partial charge is 0.257 e. The van der Waals surface area contributed by atoms with Crippen LogP contribution in [0, 0.1) is 6.92 Å². The van der Waals surface area contributed by atoms with Crippen molar-refractivity contribution in [1.82, 2.24) is 15.5 Å². The number of carbonyl (C=O) groups excluding carboxylic acids is 1. The van der Waals surface area contributed by atoms with E-state index in [1.807, 2.05) is 36.4 Å². The molecule has 2 heterocycles. The number of amides is 1. The second-order valence-corrected chi connectivity index (χ2v) is 5.93. The molecule has 0 aliphatic carbocycles. The summed E-state index contributed by atoms with van der Waals surface area (Å²) >= 11 is 3.39. The van der Waals surface area contributed by atoms with Crippen LogP contribution in [-0.4, -0.2) is 16.0 Å². The van der Waals surface area contributed by atoms with E-state index in [0.29, 0.717) is 23.6 Å². The average Bonchev–Trinajstić information content (AvgIpc) is 2.96. The van der Waals surface area contributed by atoms with Crippen LogP contribution in [0.3, 0.4) is 0 Å². The van der Waals surface area contributed by atoms with E-state index in [1.54, 1.807) is 19.3 Å².